The van der Waals surface area contributed by atoms with Gasteiger partial charge in [0.15, 0.2) is 0 Å². The lowest BCUT2D eigenvalue weighted by atomic mass is 9.82. The molecule has 0 amide bonds. The largest absolute Gasteiger partial charge is 0.311 e. The Labute approximate surface area is 130 Å². The van der Waals surface area contributed by atoms with Crippen molar-refractivity contribution >= 4 is 0 Å². The molecule has 0 radical (unpaired) electrons. The van der Waals surface area contributed by atoms with Gasteiger partial charge in [0.2, 0.25) is 0 Å². The van der Waals surface area contributed by atoms with Gasteiger partial charge in [0, 0.05) is 12.6 Å². The third-order valence-electron chi connectivity index (χ3n) is 4.63. The molecule has 0 aromatic heterocycles. The highest BCUT2D eigenvalue weighted by atomic mass is 14.9. The summed E-state index contributed by atoms with van der Waals surface area (Å²) in [4.78, 5) is 0. The summed E-state index contributed by atoms with van der Waals surface area (Å²) in [5.74, 6) is 1.31. The maximum Gasteiger partial charge on any atom is 0.0169 e. The second-order valence-electron chi connectivity index (χ2n) is 6.81. The second-order valence-corrected chi connectivity index (χ2v) is 6.81. The average Bonchev–Trinajstić information content (AvgIpc) is 2.52. The highest BCUT2D eigenvalue weighted by Crippen LogP contribution is 2.31. The van der Waals surface area contributed by atoms with E-state index in [9.17, 15) is 0 Å². The molecule has 1 aliphatic rings. The Morgan fingerprint density at radius 3 is 2.38 bits per heavy atom. The fourth-order valence-corrected chi connectivity index (χ4v) is 3.31. The summed E-state index contributed by atoms with van der Waals surface area (Å²) >= 11 is 0. The minimum absolute atomic E-state index is 0.511. The first-order valence-corrected chi connectivity index (χ1v) is 8.65. The summed E-state index contributed by atoms with van der Waals surface area (Å²) < 4.78 is 0. The van der Waals surface area contributed by atoms with Crippen LogP contribution in [0.1, 0.15) is 64.4 Å². The molecule has 1 unspecified atom stereocenters. The molecule has 0 bridgehead atoms. The lowest BCUT2D eigenvalue weighted by Gasteiger charge is -2.26. The van der Waals surface area contributed by atoms with Crippen LogP contribution < -0.4 is 5.32 Å². The molecule has 0 heterocycles. The van der Waals surface area contributed by atoms with Crippen LogP contribution >= 0.6 is 0 Å². The Bertz CT molecular complexity index is 426. The first-order valence-electron chi connectivity index (χ1n) is 8.65. The summed E-state index contributed by atoms with van der Waals surface area (Å²) in [5, 5.41) is 3.63. The molecular weight excluding hydrogens is 254 g/mol. The molecule has 1 aromatic carbocycles. The van der Waals surface area contributed by atoms with Crippen molar-refractivity contribution in [3.63, 3.8) is 0 Å². The van der Waals surface area contributed by atoms with Gasteiger partial charge in [0.05, 0.1) is 0 Å². The van der Waals surface area contributed by atoms with Crippen molar-refractivity contribution < 1.29 is 0 Å². The highest BCUT2D eigenvalue weighted by molar-refractivity contribution is 5.26. The minimum Gasteiger partial charge on any atom is -0.311 e. The fourth-order valence-electron chi connectivity index (χ4n) is 3.31. The van der Waals surface area contributed by atoms with Gasteiger partial charge in [-0.3, -0.25) is 0 Å². The zero-order valence-electron chi connectivity index (χ0n) is 13.9. The highest BCUT2D eigenvalue weighted by Gasteiger charge is 2.18. The standard InChI is InChI=1S/C20H31N/c1-16(2)21-15-20(19-12-8-5-9-13-19)14-17(3)18-10-6-4-7-11-18/h4,6-7,10-11,14,16-17,19,21H,5,8-9,12-13,15H2,1-3H3/b20-14-. The van der Waals surface area contributed by atoms with Crippen LogP contribution in [-0.2, 0) is 0 Å². The van der Waals surface area contributed by atoms with Gasteiger partial charge >= 0.3 is 0 Å². The maximum atomic E-state index is 3.63. The smallest absolute Gasteiger partial charge is 0.0169 e. The number of rotatable bonds is 6. The molecule has 1 atom stereocenters. The van der Waals surface area contributed by atoms with Gasteiger partial charge in [-0.15, -0.1) is 0 Å². The summed E-state index contributed by atoms with van der Waals surface area (Å²) in [6.07, 6.45) is 9.53. The van der Waals surface area contributed by atoms with Crippen LogP contribution in [0.2, 0.25) is 0 Å². The van der Waals surface area contributed by atoms with Crippen molar-refractivity contribution in [2.24, 2.45) is 5.92 Å². The van der Waals surface area contributed by atoms with Crippen molar-refractivity contribution in [2.75, 3.05) is 6.54 Å². The van der Waals surface area contributed by atoms with Gasteiger partial charge in [-0.25, -0.2) is 0 Å². The molecule has 0 saturated heterocycles. The molecule has 0 spiro atoms. The maximum absolute atomic E-state index is 3.63. The molecule has 2 rings (SSSR count). The molecule has 1 heteroatoms. The van der Waals surface area contributed by atoms with Crippen molar-refractivity contribution in [2.45, 2.75) is 64.8 Å². The van der Waals surface area contributed by atoms with Gasteiger partial charge in [0.25, 0.3) is 0 Å². The molecule has 1 aromatic rings. The monoisotopic (exact) mass is 285 g/mol. The van der Waals surface area contributed by atoms with Crippen LogP contribution in [0.15, 0.2) is 42.0 Å². The van der Waals surface area contributed by atoms with Crippen LogP contribution in [0, 0.1) is 5.92 Å². The predicted molar refractivity (Wildman–Crippen MR) is 92.7 cm³/mol. The molecule has 116 valence electrons. The van der Waals surface area contributed by atoms with Crippen LogP contribution in [0.25, 0.3) is 0 Å². The van der Waals surface area contributed by atoms with Crippen LogP contribution in [0.5, 0.6) is 0 Å². The van der Waals surface area contributed by atoms with Crippen molar-refractivity contribution in [3.8, 4) is 0 Å². The Balaban J connectivity index is 2.10. The quantitative estimate of drug-likeness (QED) is 0.700. The Morgan fingerprint density at radius 2 is 1.76 bits per heavy atom. The summed E-state index contributed by atoms with van der Waals surface area (Å²) in [6, 6.07) is 11.4. The first kappa shape index (κ1) is 16.3. The van der Waals surface area contributed by atoms with Gasteiger partial charge in [-0.2, -0.15) is 0 Å². The van der Waals surface area contributed by atoms with Crippen LogP contribution in [-0.4, -0.2) is 12.6 Å². The van der Waals surface area contributed by atoms with E-state index in [1.54, 1.807) is 5.57 Å². The predicted octanol–water partition coefficient (Wildman–Crippen LogP) is 5.29. The number of hydrogen-bond donors (Lipinski definition) is 1. The van der Waals surface area contributed by atoms with E-state index in [0.717, 1.165) is 12.5 Å². The number of hydrogen-bond acceptors (Lipinski definition) is 1. The zero-order chi connectivity index (χ0) is 15.1. The van der Waals surface area contributed by atoms with Gasteiger partial charge in [0.1, 0.15) is 0 Å². The lowest BCUT2D eigenvalue weighted by molar-refractivity contribution is 0.391. The van der Waals surface area contributed by atoms with Crippen LogP contribution in [0.3, 0.4) is 0 Å². The van der Waals surface area contributed by atoms with Crippen LogP contribution in [0.4, 0.5) is 0 Å². The van der Waals surface area contributed by atoms with E-state index in [1.807, 2.05) is 0 Å². The molecule has 1 nitrogen and oxygen atoms in total. The van der Waals surface area contributed by atoms with E-state index in [2.05, 4.69) is 62.5 Å². The molecule has 1 aliphatic carbocycles. The average molecular weight is 285 g/mol. The van der Waals surface area contributed by atoms with Gasteiger partial charge in [-0.05, 0) is 30.2 Å². The third-order valence-corrected chi connectivity index (χ3v) is 4.63. The fraction of sp³-hybridized carbons (Fsp3) is 0.600. The minimum atomic E-state index is 0.511. The second kappa shape index (κ2) is 8.38. The van der Waals surface area contributed by atoms with E-state index in [0.29, 0.717) is 12.0 Å². The first-order chi connectivity index (χ1) is 10.2. The molecule has 1 saturated carbocycles. The van der Waals surface area contributed by atoms with Crippen molar-refractivity contribution in [1.29, 1.82) is 0 Å². The molecule has 0 aliphatic heterocycles. The van der Waals surface area contributed by atoms with Gasteiger partial charge in [-0.1, -0.05) is 82.0 Å². The summed E-state index contributed by atoms with van der Waals surface area (Å²) in [6.45, 7) is 7.85. The summed E-state index contributed by atoms with van der Waals surface area (Å²) in [5.41, 5.74) is 3.06. The van der Waals surface area contributed by atoms with Crippen molar-refractivity contribution in [1.82, 2.24) is 5.32 Å². The third kappa shape index (κ3) is 5.32. The van der Waals surface area contributed by atoms with E-state index in [1.165, 1.54) is 37.7 Å². The molecule has 1 N–H and O–H groups in total. The number of nitrogens with one attached hydrogen (secondary N) is 1. The van der Waals surface area contributed by atoms with E-state index in [4.69, 9.17) is 0 Å². The summed E-state index contributed by atoms with van der Waals surface area (Å²) in [7, 11) is 0. The molecular formula is C20H31N. The van der Waals surface area contributed by atoms with Crippen molar-refractivity contribution in [3.05, 3.63) is 47.5 Å². The molecule has 1 fully saturated rings. The number of allylic oxidation sites excluding steroid dienone is 1. The van der Waals surface area contributed by atoms with E-state index in [-0.39, 0.29) is 0 Å². The topological polar surface area (TPSA) is 12.0 Å². The van der Waals surface area contributed by atoms with E-state index >= 15 is 0 Å². The Hall–Kier alpha value is -1.08. The SMILES string of the molecule is CC(C)NC/C(=C/C(C)c1ccccc1)C1CCCCC1. The van der Waals surface area contributed by atoms with E-state index < -0.39 is 0 Å². The Morgan fingerprint density at radius 1 is 1.10 bits per heavy atom. The number of benzene rings is 1. The normalized spacial score (nSPS) is 19.0. The Kier molecular flexibility index (Phi) is 6.50. The zero-order valence-corrected chi connectivity index (χ0v) is 13.9. The van der Waals surface area contributed by atoms with Gasteiger partial charge < -0.3 is 5.32 Å². The lowest BCUT2D eigenvalue weighted by Crippen LogP contribution is -2.28. The molecule has 21 heavy (non-hydrogen) atoms.